The molecule has 0 saturated heterocycles. The third-order valence-electron chi connectivity index (χ3n) is 2.62. The van der Waals surface area contributed by atoms with Gasteiger partial charge in [0.25, 0.3) is 0 Å². The summed E-state index contributed by atoms with van der Waals surface area (Å²) in [5.41, 5.74) is 0.920. The highest BCUT2D eigenvalue weighted by molar-refractivity contribution is 7.20. The Hall–Kier alpha value is -1.68. The van der Waals surface area contributed by atoms with Crippen molar-refractivity contribution in [3.8, 4) is 11.5 Å². The molecule has 1 N–H and O–H groups in total. The second-order valence-electron chi connectivity index (χ2n) is 3.58. The molecule has 0 unspecified atom stereocenters. The molecule has 17 heavy (non-hydrogen) atoms. The first-order chi connectivity index (χ1) is 8.19. The Balaban J connectivity index is 2.57. The van der Waals surface area contributed by atoms with Crippen LogP contribution in [-0.4, -0.2) is 21.3 Å². The molecule has 1 aromatic heterocycles. The zero-order chi connectivity index (χ0) is 12.4. The molecule has 0 fully saturated rings. The highest BCUT2D eigenvalue weighted by Crippen LogP contribution is 2.37. The van der Waals surface area contributed by atoms with E-state index in [0.717, 1.165) is 32.2 Å². The zero-order valence-electron chi connectivity index (χ0n) is 10.2. The molecule has 1 heterocycles. The second kappa shape index (κ2) is 4.67. The van der Waals surface area contributed by atoms with Crippen molar-refractivity contribution in [3.05, 3.63) is 29.7 Å². The minimum absolute atomic E-state index is 0.749. The Bertz CT molecular complexity index is 519. The minimum Gasteiger partial charge on any atom is -0.493 e. The van der Waals surface area contributed by atoms with Crippen LogP contribution in [-0.2, 0) is 0 Å². The Kier molecular flexibility index (Phi) is 3.24. The third-order valence-corrected chi connectivity index (χ3v) is 3.78. The zero-order valence-corrected chi connectivity index (χ0v) is 11.0. The van der Waals surface area contributed by atoms with Gasteiger partial charge in [0.1, 0.15) is 0 Å². The maximum Gasteiger partial charge on any atom is 0.162 e. The molecule has 0 aliphatic rings. The summed E-state index contributed by atoms with van der Waals surface area (Å²) in [6, 6.07) is 6.07. The standard InChI is InChI=1S/C13H15NO2S/c1-8(14-2)12-6-9-5-10(15-3)11(16-4)7-13(9)17-12/h5-7,14H,1H2,2-4H3. The predicted octanol–water partition coefficient (Wildman–Crippen LogP) is 3.11. The fourth-order valence-electron chi connectivity index (χ4n) is 1.64. The summed E-state index contributed by atoms with van der Waals surface area (Å²) in [6.45, 7) is 3.96. The summed E-state index contributed by atoms with van der Waals surface area (Å²) >= 11 is 1.68. The molecule has 0 radical (unpaired) electrons. The van der Waals surface area contributed by atoms with Crippen molar-refractivity contribution in [1.82, 2.24) is 5.32 Å². The van der Waals surface area contributed by atoms with Gasteiger partial charge in [0, 0.05) is 23.5 Å². The van der Waals surface area contributed by atoms with E-state index in [-0.39, 0.29) is 0 Å². The van der Waals surface area contributed by atoms with Crippen LogP contribution in [0.5, 0.6) is 11.5 Å². The summed E-state index contributed by atoms with van der Waals surface area (Å²) in [7, 11) is 5.15. The van der Waals surface area contributed by atoms with Crippen LogP contribution in [0.4, 0.5) is 0 Å². The van der Waals surface area contributed by atoms with E-state index in [1.807, 2.05) is 19.2 Å². The number of fused-ring (bicyclic) bond motifs is 1. The summed E-state index contributed by atoms with van der Waals surface area (Å²) in [6.07, 6.45) is 0. The molecule has 2 aromatic rings. The van der Waals surface area contributed by atoms with Crippen LogP contribution >= 0.6 is 11.3 Å². The van der Waals surface area contributed by atoms with E-state index < -0.39 is 0 Å². The van der Waals surface area contributed by atoms with Crippen molar-refractivity contribution in [2.24, 2.45) is 0 Å². The molecule has 0 amide bonds. The lowest BCUT2D eigenvalue weighted by atomic mass is 10.2. The lowest BCUT2D eigenvalue weighted by Crippen LogP contribution is -2.00. The van der Waals surface area contributed by atoms with Crippen LogP contribution in [0.25, 0.3) is 15.8 Å². The predicted molar refractivity (Wildman–Crippen MR) is 73.0 cm³/mol. The van der Waals surface area contributed by atoms with E-state index in [4.69, 9.17) is 9.47 Å². The van der Waals surface area contributed by atoms with Crippen molar-refractivity contribution in [2.75, 3.05) is 21.3 Å². The van der Waals surface area contributed by atoms with E-state index in [1.54, 1.807) is 25.6 Å². The highest BCUT2D eigenvalue weighted by Gasteiger charge is 2.10. The lowest BCUT2D eigenvalue weighted by Gasteiger charge is -2.06. The quantitative estimate of drug-likeness (QED) is 0.903. The van der Waals surface area contributed by atoms with Crippen molar-refractivity contribution < 1.29 is 9.47 Å². The number of methoxy groups -OCH3 is 2. The first-order valence-electron chi connectivity index (χ1n) is 5.22. The summed E-state index contributed by atoms with van der Waals surface area (Å²) in [5, 5.41) is 4.19. The number of rotatable bonds is 4. The largest absolute Gasteiger partial charge is 0.493 e. The van der Waals surface area contributed by atoms with Gasteiger partial charge in [-0.2, -0.15) is 0 Å². The fraction of sp³-hybridized carbons (Fsp3) is 0.231. The van der Waals surface area contributed by atoms with Crippen LogP contribution in [0.3, 0.4) is 0 Å². The van der Waals surface area contributed by atoms with Gasteiger partial charge in [0.05, 0.1) is 19.1 Å². The number of thiophene rings is 1. The molecule has 0 atom stereocenters. The van der Waals surface area contributed by atoms with Crippen LogP contribution in [0.15, 0.2) is 24.8 Å². The van der Waals surface area contributed by atoms with Crippen LogP contribution < -0.4 is 14.8 Å². The maximum absolute atomic E-state index is 5.28. The highest BCUT2D eigenvalue weighted by atomic mass is 32.1. The topological polar surface area (TPSA) is 30.5 Å². The van der Waals surface area contributed by atoms with Crippen molar-refractivity contribution in [2.45, 2.75) is 0 Å². The molecule has 3 nitrogen and oxygen atoms in total. The molecular formula is C13H15NO2S. The third kappa shape index (κ3) is 2.08. The molecular weight excluding hydrogens is 234 g/mol. The Morgan fingerprint density at radius 3 is 2.41 bits per heavy atom. The SMILES string of the molecule is C=C(NC)c1cc2cc(OC)c(OC)cc2s1. The Labute approximate surface area is 105 Å². The van der Waals surface area contributed by atoms with E-state index in [2.05, 4.69) is 18.0 Å². The fourth-order valence-corrected chi connectivity index (χ4v) is 2.69. The first kappa shape index (κ1) is 11.8. The second-order valence-corrected chi connectivity index (χ2v) is 4.67. The molecule has 4 heteroatoms. The lowest BCUT2D eigenvalue weighted by molar-refractivity contribution is 0.356. The monoisotopic (exact) mass is 249 g/mol. The van der Waals surface area contributed by atoms with Gasteiger partial charge in [0.2, 0.25) is 0 Å². The molecule has 2 rings (SSSR count). The Morgan fingerprint density at radius 1 is 1.18 bits per heavy atom. The van der Waals surface area contributed by atoms with Crippen LogP contribution in [0.1, 0.15) is 4.88 Å². The molecule has 0 bridgehead atoms. The van der Waals surface area contributed by atoms with E-state index >= 15 is 0 Å². The van der Waals surface area contributed by atoms with Crippen molar-refractivity contribution in [3.63, 3.8) is 0 Å². The minimum atomic E-state index is 0.749. The Morgan fingerprint density at radius 2 is 1.82 bits per heavy atom. The maximum atomic E-state index is 5.28. The number of hydrogen-bond acceptors (Lipinski definition) is 4. The van der Waals surface area contributed by atoms with E-state index in [9.17, 15) is 0 Å². The average Bonchev–Trinajstić information content (AvgIpc) is 2.78. The summed E-state index contributed by atoms with van der Waals surface area (Å²) in [4.78, 5) is 1.12. The number of nitrogens with one attached hydrogen (secondary N) is 1. The molecule has 90 valence electrons. The van der Waals surface area contributed by atoms with Gasteiger partial charge in [-0.05, 0) is 17.5 Å². The van der Waals surface area contributed by atoms with Gasteiger partial charge in [-0.1, -0.05) is 6.58 Å². The molecule has 0 aliphatic heterocycles. The van der Waals surface area contributed by atoms with Gasteiger partial charge in [-0.25, -0.2) is 0 Å². The van der Waals surface area contributed by atoms with E-state index in [0.29, 0.717) is 0 Å². The molecule has 0 aliphatic carbocycles. The molecule has 0 saturated carbocycles. The van der Waals surface area contributed by atoms with Gasteiger partial charge in [0.15, 0.2) is 11.5 Å². The molecule has 0 spiro atoms. The smallest absolute Gasteiger partial charge is 0.162 e. The average molecular weight is 249 g/mol. The number of ether oxygens (including phenoxy) is 2. The summed E-state index contributed by atoms with van der Waals surface area (Å²) < 4.78 is 11.7. The van der Waals surface area contributed by atoms with Crippen molar-refractivity contribution in [1.29, 1.82) is 0 Å². The van der Waals surface area contributed by atoms with Crippen LogP contribution in [0.2, 0.25) is 0 Å². The molecule has 1 aromatic carbocycles. The first-order valence-corrected chi connectivity index (χ1v) is 6.04. The van der Waals surface area contributed by atoms with Crippen LogP contribution in [0, 0.1) is 0 Å². The summed E-state index contributed by atoms with van der Waals surface area (Å²) in [5.74, 6) is 1.50. The van der Waals surface area contributed by atoms with Crippen molar-refractivity contribution >= 4 is 27.1 Å². The van der Waals surface area contributed by atoms with Gasteiger partial charge in [-0.3, -0.25) is 0 Å². The van der Waals surface area contributed by atoms with Gasteiger partial charge >= 0.3 is 0 Å². The van der Waals surface area contributed by atoms with Gasteiger partial charge < -0.3 is 14.8 Å². The number of hydrogen-bond donors (Lipinski definition) is 1. The normalized spacial score (nSPS) is 10.3. The van der Waals surface area contributed by atoms with E-state index in [1.165, 1.54) is 0 Å². The number of benzene rings is 1. The van der Waals surface area contributed by atoms with Gasteiger partial charge in [-0.15, -0.1) is 11.3 Å².